The number of hydrogen-bond donors (Lipinski definition) is 1. The Hall–Kier alpha value is -4.62. The fourth-order valence-corrected chi connectivity index (χ4v) is 4.11. The number of rotatable bonds is 5. The van der Waals surface area contributed by atoms with Gasteiger partial charge < -0.3 is 0 Å². The topological polar surface area (TPSA) is 45.9 Å². The first-order valence-corrected chi connectivity index (χ1v) is 13.8. The van der Waals surface area contributed by atoms with Crippen molar-refractivity contribution in [1.29, 1.82) is 0 Å². The van der Waals surface area contributed by atoms with Crippen LogP contribution in [0, 0.1) is 38.7 Å². The number of fused-ring (bicyclic) bond motifs is 1. The molecule has 0 spiro atoms. The van der Waals surface area contributed by atoms with E-state index < -0.39 is 11.7 Å². The van der Waals surface area contributed by atoms with Gasteiger partial charge in [0.1, 0.15) is 5.56 Å². The van der Waals surface area contributed by atoms with Gasteiger partial charge in [-0.1, -0.05) is 71.4 Å². The summed E-state index contributed by atoms with van der Waals surface area (Å²) in [6.07, 6.45) is 8.01. The van der Waals surface area contributed by atoms with Crippen LogP contribution in [0.3, 0.4) is 0 Å². The fourth-order valence-electron chi connectivity index (χ4n) is 4.11. The minimum absolute atomic E-state index is 0.108. The van der Waals surface area contributed by atoms with Gasteiger partial charge in [0.2, 0.25) is 0 Å². The van der Waals surface area contributed by atoms with Crippen molar-refractivity contribution in [3.05, 3.63) is 112 Å². The van der Waals surface area contributed by atoms with Crippen molar-refractivity contribution in [2.24, 2.45) is 5.92 Å². The highest BCUT2D eigenvalue weighted by Gasteiger charge is 2.39. The molecule has 1 unspecified atom stereocenters. The van der Waals surface area contributed by atoms with Crippen LogP contribution in [0.25, 0.3) is 21.3 Å². The second-order valence-corrected chi connectivity index (χ2v) is 8.92. The summed E-state index contributed by atoms with van der Waals surface area (Å²) in [5.41, 5.74) is 4.24. The molecule has 0 fully saturated rings. The van der Waals surface area contributed by atoms with E-state index in [-0.39, 0.29) is 11.6 Å². The minimum Gasteiger partial charge on any atom is -0.278 e. The van der Waals surface area contributed by atoms with Crippen LogP contribution in [0.5, 0.6) is 0 Å². The molecule has 42 heavy (non-hydrogen) atoms. The standard InChI is InChI=1S/C23H20F3N2.C8H8N2.2C2H6/c1-6-8-20(15(3)12-19-10-9-17(7-2)14-28-19)18-11-16(4)22(27-5)21(13-18)23(24,25)26;1-6-2-3-7-5-9-10-8(7)4-6;2*1-2/h2,5-6,8-11,13-15H,1,12H2,3-4H3;2-5H,1H3,(H,9,10);2*1-2H3/q+1;;;/b20-8+;;;. The molecule has 0 amide bonds. The first-order valence-electron chi connectivity index (χ1n) is 13.8. The molecule has 4 nitrogen and oxygen atoms in total. The largest absolute Gasteiger partial charge is 0.424 e. The van der Waals surface area contributed by atoms with Crippen LogP contribution in [0.2, 0.25) is 0 Å². The lowest BCUT2D eigenvalue weighted by Gasteiger charge is -2.18. The van der Waals surface area contributed by atoms with Crippen molar-refractivity contribution in [2.45, 2.75) is 61.1 Å². The number of aromatic nitrogens is 3. The van der Waals surface area contributed by atoms with E-state index >= 15 is 0 Å². The highest BCUT2D eigenvalue weighted by Crippen LogP contribution is 2.41. The second-order valence-electron chi connectivity index (χ2n) is 8.92. The molecule has 0 saturated heterocycles. The fraction of sp³-hybridized carbons (Fsp3) is 0.286. The van der Waals surface area contributed by atoms with Gasteiger partial charge in [-0.25, -0.2) is 0 Å². The summed E-state index contributed by atoms with van der Waals surface area (Å²) in [6.45, 7) is 22.4. The molecule has 0 aliphatic heterocycles. The van der Waals surface area contributed by atoms with Gasteiger partial charge in [0.05, 0.1) is 11.7 Å². The summed E-state index contributed by atoms with van der Waals surface area (Å²) in [5, 5.41) is 8.00. The number of halogens is 3. The molecule has 2 aromatic carbocycles. The molecule has 7 heteroatoms. The maximum atomic E-state index is 13.5. The molecule has 2 heterocycles. The van der Waals surface area contributed by atoms with Crippen molar-refractivity contribution in [3.63, 3.8) is 0 Å². The average molecular weight is 574 g/mol. The third-order valence-electron chi connectivity index (χ3n) is 6.00. The van der Waals surface area contributed by atoms with Crippen LogP contribution < -0.4 is 0 Å². The molecule has 4 aromatic rings. The van der Waals surface area contributed by atoms with E-state index in [9.17, 15) is 13.2 Å². The molecule has 2 aromatic heterocycles. The molecule has 220 valence electrons. The lowest BCUT2D eigenvalue weighted by molar-refractivity contribution is -0.136. The van der Waals surface area contributed by atoms with Crippen molar-refractivity contribution >= 4 is 22.2 Å². The zero-order valence-corrected chi connectivity index (χ0v) is 25.5. The summed E-state index contributed by atoms with van der Waals surface area (Å²) < 4.78 is 40.4. The van der Waals surface area contributed by atoms with Gasteiger partial charge in [-0.3, -0.25) is 10.1 Å². The van der Waals surface area contributed by atoms with E-state index in [0.29, 0.717) is 23.1 Å². The summed E-state index contributed by atoms with van der Waals surface area (Å²) in [4.78, 5) is 7.65. The van der Waals surface area contributed by atoms with Crippen LogP contribution >= 0.6 is 0 Å². The van der Waals surface area contributed by atoms with Crippen LogP contribution in [-0.2, 0) is 12.6 Å². The maximum Gasteiger partial charge on any atom is 0.424 e. The molecular formula is C35H40F3N4+. The Bertz CT molecular complexity index is 1550. The SMILES string of the molecule is C#Cc1ccc(CC(C)/C(=C\C=C)c2cc(C)c([N+]#C)c(C(F)(F)F)c2)nc1.CC.CC.Cc1ccc2cn[nH]c2c1. The number of terminal acetylenes is 1. The zero-order chi connectivity index (χ0) is 31.9. The number of pyridine rings is 1. The number of alkyl halides is 3. The molecule has 0 aliphatic rings. The number of nitrogens with one attached hydrogen (secondary N) is 1. The Kier molecular flexibility index (Phi) is 14.5. The first-order chi connectivity index (χ1) is 20.1. The van der Waals surface area contributed by atoms with Crippen molar-refractivity contribution < 1.29 is 13.2 Å². The van der Waals surface area contributed by atoms with Gasteiger partial charge in [0.25, 0.3) is 6.57 Å². The predicted octanol–water partition coefficient (Wildman–Crippen LogP) is 10.4. The Morgan fingerprint density at radius 3 is 2.31 bits per heavy atom. The summed E-state index contributed by atoms with van der Waals surface area (Å²) in [7, 11) is 0. The van der Waals surface area contributed by atoms with Crippen LogP contribution in [0.1, 0.15) is 68.1 Å². The summed E-state index contributed by atoms with van der Waals surface area (Å²) in [5.74, 6) is 2.39. The molecule has 0 aliphatic carbocycles. The number of aromatic amines is 1. The van der Waals surface area contributed by atoms with Gasteiger partial charge in [-0.15, -0.1) is 6.42 Å². The number of H-pyrrole nitrogens is 1. The summed E-state index contributed by atoms with van der Waals surface area (Å²) >= 11 is 0. The van der Waals surface area contributed by atoms with Gasteiger partial charge in [-0.2, -0.15) is 18.3 Å². The molecule has 0 radical (unpaired) electrons. The normalized spacial score (nSPS) is 11.3. The number of allylic oxidation sites excluding steroid dienone is 3. The quantitative estimate of drug-likeness (QED) is 0.191. The maximum absolute atomic E-state index is 13.5. The molecule has 4 rings (SSSR count). The van der Waals surface area contributed by atoms with Gasteiger partial charge in [-0.05, 0) is 78.1 Å². The van der Waals surface area contributed by atoms with E-state index in [1.54, 1.807) is 37.4 Å². The third kappa shape index (κ3) is 9.78. The number of nitrogens with zero attached hydrogens (tertiary/aromatic N) is 3. The lowest BCUT2D eigenvalue weighted by Crippen LogP contribution is -2.09. The Balaban J connectivity index is 0.000000518. The minimum atomic E-state index is -4.56. The highest BCUT2D eigenvalue weighted by molar-refractivity contribution is 5.78. The van der Waals surface area contributed by atoms with Crippen molar-refractivity contribution in [1.82, 2.24) is 15.2 Å². The highest BCUT2D eigenvalue weighted by atomic mass is 19.4. The van der Waals surface area contributed by atoms with Gasteiger partial charge in [0, 0.05) is 28.4 Å². The van der Waals surface area contributed by atoms with Gasteiger partial charge >= 0.3 is 11.9 Å². The molecular weight excluding hydrogens is 533 g/mol. The monoisotopic (exact) mass is 573 g/mol. The van der Waals surface area contributed by atoms with Crippen molar-refractivity contribution in [2.75, 3.05) is 0 Å². The van der Waals surface area contributed by atoms with Crippen molar-refractivity contribution in [3.8, 4) is 18.9 Å². The van der Waals surface area contributed by atoms with E-state index in [2.05, 4.69) is 57.6 Å². The first kappa shape index (κ1) is 35.4. The number of benzene rings is 2. The van der Waals surface area contributed by atoms with Crippen LogP contribution in [0.4, 0.5) is 18.9 Å². The van der Waals surface area contributed by atoms with Crippen LogP contribution in [0.15, 0.2) is 73.6 Å². The van der Waals surface area contributed by atoms with E-state index in [1.165, 1.54) is 10.9 Å². The smallest absolute Gasteiger partial charge is 0.278 e. The molecule has 1 atom stereocenters. The van der Waals surface area contributed by atoms with E-state index in [4.69, 9.17) is 13.0 Å². The number of hydrogen-bond acceptors (Lipinski definition) is 2. The predicted molar refractivity (Wildman–Crippen MR) is 171 cm³/mol. The average Bonchev–Trinajstić information content (AvgIpc) is 3.45. The Labute approximate surface area is 248 Å². The van der Waals surface area contributed by atoms with Crippen LogP contribution in [-0.4, -0.2) is 15.2 Å². The number of aryl methyl sites for hydroxylation is 2. The van der Waals surface area contributed by atoms with E-state index in [0.717, 1.165) is 22.9 Å². The Morgan fingerprint density at radius 1 is 1.07 bits per heavy atom. The molecule has 0 bridgehead atoms. The molecule has 0 saturated carbocycles. The third-order valence-corrected chi connectivity index (χ3v) is 6.00. The molecule has 1 N–H and O–H groups in total. The lowest BCUT2D eigenvalue weighted by atomic mass is 9.87. The van der Waals surface area contributed by atoms with Gasteiger partial charge in [0.15, 0.2) is 0 Å². The zero-order valence-electron chi connectivity index (χ0n) is 25.5. The summed E-state index contributed by atoms with van der Waals surface area (Å²) in [6, 6.07) is 12.6. The van der Waals surface area contributed by atoms with E-state index in [1.807, 2.05) is 46.9 Å². The second kappa shape index (κ2) is 17.3. The Morgan fingerprint density at radius 2 is 1.76 bits per heavy atom.